The molecule has 0 saturated carbocycles. The number of anilines is 2. The second-order valence-corrected chi connectivity index (χ2v) is 4.83. The Labute approximate surface area is 140 Å². The predicted molar refractivity (Wildman–Crippen MR) is 90.0 cm³/mol. The molecule has 0 atom stereocenters. The number of para-hydroxylation sites is 2. The molecule has 0 bridgehead atoms. The van der Waals surface area contributed by atoms with Crippen molar-refractivity contribution in [1.82, 2.24) is 4.98 Å². The van der Waals surface area contributed by atoms with Crippen LogP contribution in [0, 0.1) is 0 Å². The Morgan fingerprint density at radius 3 is 2.46 bits per heavy atom. The molecule has 1 heterocycles. The molecule has 7 nitrogen and oxygen atoms in total. The Kier molecular flexibility index (Phi) is 6.88. The van der Waals surface area contributed by atoms with E-state index in [0.29, 0.717) is 30.2 Å². The van der Waals surface area contributed by atoms with E-state index in [2.05, 4.69) is 15.6 Å². The van der Waals surface area contributed by atoms with E-state index in [9.17, 15) is 9.59 Å². The third kappa shape index (κ3) is 5.45. The van der Waals surface area contributed by atoms with E-state index in [-0.39, 0.29) is 18.4 Å². The number of carbonyl (C=O) groups is 2. The lowest BCUT2D eigenvalue weighted by Gasteiger charge is -2.12. The van der Waals surface area contributed by atoms with Crippen LogP contribution in [0.3, 0.4) is 0 Å². The molecule has 24 heavy (non-hydrogen) atoms. The van der Waals surface area contributed by atoms with Crippen LogP contribution in [0.15, 0.2) is 48.8 Å². The number of aromatic nitrogens is 1. The van der Waals surface area contributed by atoms with Crippen molar-refractivity contribution in [2.75, 3.05) is 37.6 Å². The van der Waals surface area contributed by atoms with E-state index in [4.69, 9.17) is 9.47 Å². The van der Waals surface area contributed by atoms with Crippen LogP contribution in [0.4, 0.5) is 11.4 Å². The number of nitrogens with zero attached hydrogens (tertiary/aromatic N) is 1. The van der Waals surface area contributed by atoms with Crippen molar-refractivity contribution < 1.29 is 19.1 Å². The summed E-state index contributed by atoms with van der Waals surface area (Å²) in [5.74, 6) is -0.615. The largest absolute Gasteiger partial charge is 0.382 e. The van der Waals surface area contributed by atoms with Gasteiger partial charge >= 0.3 is 0 Å². The third-order valence-corrected chi connectivity index (χ3v) is 3.04. The summed E-state index contributed by atoms with van der Waals surface area (Å²) in [5.41, 5.74) is 1.42. The van der Waals surface area contributed by atoms with Gasteiger partial charge in [0.25, 0.3) is 5.91 Å². The Hall–Kier alpha value is -2.77. The number of benzene rings is 1. The Morgan fingerprint density at radius 2 is 1.79 bits per heavy atom. The minimum atomic E-state index is -0.311. The van der Waals surface area contributed by atoms with Crippen LogP contribution >= 0.6 is 0 Å². The fourth-order valence-corrected chi connectivity index (χ4v) is 1.89. The average molecular weight is 329 g/mol. The number of amides is 2. The van der Waals surface area contributed by atoms with Crippen LogP contribution in [-0.2, 0) is 14.3 Å². The number of pyridine rings is 1. The molecule has 126 valence electrons. The number of methoxy groups -OCH3 is 1. The van der Waals surface area contributed by atoms with Gasteiger partial charge in [0.05, 0.1) is 30.2 Å². The van der Waals surface area contributed by atoms with Gasteiger partial charge in [0, 0.05) is 19.5 Å². The van der Waals surface area contributed by atoms with Crippen molar-refractivity contribution in [3.05, 3.63) is 54.4 Å². The highest BCUT2D eigenvalue weighted by Gasteiger charge is 2.11. The number of nitrogens with one attached hydrogen (secondary N) is 2. The molecule has 0 unspecified atom stereocenters. The van der Waals surface area contributed by atoms with Crippen LogP contribution in [0.1, 0.15) is 10.4 Å². The lowest BCUT2D eigenvalue weighted by molar-refractivity contribution is -0.121. The molecule has 2 N–H and O–H groups in total. The molecular weight excluding hydrogens is 310 g/mol. The Balaban J connectivity index is 1.97. The van der Waals surface area contributed by atoms with Gasteiger partial charge in [-0.15, -0.1) is 0 Å². The van der Waals surface area contributed by atoms with Gasteiger partial charge in [0.1, 0.15) is 6.61 Å². The molecule has 2 aromatic rings. The second kappa shape index (κ2) is 9.39. The van der Waals surface area contributed by atoms with Crippen LogP contribution in [0.5, 0.6) is 0 Å². The van der Waals surface area contributed by atoms with Gasteiger partial charge in [0.15, 0.2) is 0 Å². The standard InChI is InChI=1S/C17H19N3O4/c1-23-9-10-24-12-16(21)19-14-6-2-3-7-15(14)20-17(22)13-5-4-8-18-11-13/h2-8,11H,9-10,12H2,1H3,(H,19,21)(H,20,22). The maximum atomic E-state index is 12.2. The number of hydrogen-bond acceptors (Lipinski definition) is 5. The molecule has 0 radical (unpaired) electrons. The SMILES string of the molecule is COCCOCC(=O)Nc1ccccc1NC(=O)c1cccnc1. The molecular formula is C17H19N3O4. The highest BCUT2D eigenvalue weighted by atomic mass is 16.5. The van der Waals surface area contributed by atoms with E-state index in [1.807, 2.05) is 0 Å². The van der Waals surface area contributed by atoms with Crippen molar-refractivity contribution in [3.63, 3.8) is 0 Å². The summed E-state index contributed by atoms with van der Waals surface area (Å²) in [5, 5.41) is 5.46. The minimum absolute atomic E-state index is 0.0890. The number of rotatable bonds is 8. The van der Waals surface area contributed by atoms with Crippen LogP contribution < -0.4 is 10.6 Å². The van der Waals surface area contributed by atoms with E-state index in [1.54, 1.807) is 49.7 Å². The zero-order valence-electron chi connectivity index (χ0n) is 13.3. The van der Waals surface area contributed by atoms with Gasteiger partial charge < -0.3 is 20.1 Å². The molecule has 0 aliphatic rings. The Bertz CT molecular complexity index is 677. The van der Waals surface area contributed by atoms with Crippen molar-refractivity contribution in [1.29, 1.82) is 0 Å². The van der Waals surface area contributed by atoms with Crippen molar-refractivity contribution in [2.24, 2.45) is 0 Å². The quantitative estimate of drug-likeness (QED) is 0.722. The van der Waals surface area contributed by atoms with Gasteiger partial charge in [-0.2, -0.15) is 0 Å². The van der Waals surface area contributed by atoms with Crippen molar-refractivity contribution >= 4 is 23.2 Å². The normalized spacial score (nSPS) is 10.2. The molecule has 1 aromatic carbocycles. The first-order valence-corrected chi connectivity index (χ1v) is 7.37. The van der Waals surface area contributed by atoms with E-state index in [0.717, 1.165) is 0 Å². The first-order chi connectivity index (χ1) is 11.7. The molecule has 2 amide bonds. The van der Waals surface area contributed by atoms with Gasteiger partial charge in [-0.25, -0.2) is 0 Å². The molecule has 0 aliphatic heterocycles. The second-order valence-electron chi connectivity index (χ2n) is 4.83. The van der Waals surface area contributed by atoms with E-state index in [1.165, 1.54) is 6.20 Å². The zero-order valence-corrected chi connectivity index (χ0v) is 13.3. The summed E-state index contributed by atoms with van der Waals surface area (Å²) in [6.45, 7) is 0.669. The fourth-order valence-electron chi connectivity index (χ4n) is 1.89. The minimum Gasteiger partial charge on any atom is -0.382 e. The van der Waals surface area contributed by atoms with Crippen molar-refractivity contribution in [2.45, 2.75) is 0 Å². The lowest BCUT2D eigenvalue weighted by atomic mass is 10.2. The van der Waals surface area contributed by atoms with E-state index >= 15 is 0 Å². The van der Waals surface area contributed by atoms with Gasteiger partial charge in [-0.1, -0.05) is 12.1 Å². The summed E-state index contributed by atoms with van der Waals surface area (Å²) < 4.78 is 10.0. The maximum Gasteiger partial charge on any atom is 0.257 e. The molecule has 2 rings (SSSR count). The first-order valence-electron chi connectivity index (χ1n) is 7.37. The maximum absolute atomic E-state index is 12.2. The van der Waals surface area contributed by atoms with Crippen LogP contribution in [0.2, 0.25) is 0 Å². The van der Waals surface area contributed by atoms with Crippen LogP contribution in [0.25, 0.3) is 0 Å². The fraction of sp³-hybridized carbons (Fsp3) is 0.235. The van der Waals surface area contributed by atoms with Gasteiger partial charge in [0.2, 0.25) is 5.91 Å². The van der Waals surface area contributed by atoms with Crippen molar-refractivity contribution in [3.8, 4) is 0 Å². The van der Waals surface area contributed by atoms with E-state index < -0.39 is 0 Å². The molecule has 0 aliphatic carbocycles. The summed E-state index contributed by atoms with van der Waals surface area (Å²) in [6, 6.07) is 10.3. The Morgan fingerprint density at radius 1 is 1.04 bits per heavy atom. The van der Waals surface area contributed by atoms with Gasteiger partial charge in [-0.3, -0.25) is 14.6 Å². The summed E-state index contributed by atoms with van der Waals surface area (Å²) in [7, 11) is 1.56. The first kappa shape index (κ1) is 17.6. The third-order valence-electron chi connectivity index (χ3n) is 3.04. The van der Waals surface area contributed by atoms with Crippen LogP contribution in [-0.4, -0.2) is 43.7 Å². The highest BCUT2D eigenvalue weighted by molar-refractivity contribution is 6.07. The molecule has 0 saturated heterocycles. The summed E-state index contributed by atoms with van der Waals surface area (Å²) in [6.07, 6.45) is 3.06. The smallest absolute Gasteiger partial charge is 0.257 e. The number of ether oxygens (including phenoxy) is 2. The molecule has 1 aromatic heterocycles. The predicted octanol–water partition coefficient (Wildman–Crippen LogP) is 1.94. The lowest BCUT2D eigenvalue weighted by Crippen LogP contribution is -2.21. The molecule has 0 spiro atoms. The zero-order chi connectivity index (χ0) is 17.2. The topological polar surface area (TPSA) is 89.5 Å². The number of hydrogen-bond donors (Lipinski definition) is 2. The highest BCUT2D eigenvalue weighted by Crippen LogP contribution is 2.21. The monoisotopic (exact) mass is 329 g/mol. The average Bonchev–Trinajstić information content (AvgIpc) is 2.61. The molecule has 0 fully saturated rings. The molecule has 7 heteroatoms. The van der Waals surface area contributed by atoms with Gasteiger partial charge in [-0.05, 0) is 24.3 Å². The number of carbonyl (C=O) groups excluding carboxylic acids is 2. The summed E-state index contributed by atoms with van der Waals surface area (Å²) in [4.78, 5) is 28.0. The summed E-state index contributed by atoms with van der Waals surface area (Å²) >= 11 is 0.